The number of esters is 1. The number of carbonyl (C=O) groups is 1. The van der Waals surface area contributed by atoms with Gasteiger partial charge in [-0.05, 0) is 59.8 Å². The molecule has 0 aromatic heterocycles. The van der Waals surface area contributed by atoms with Gasteiger partial charge in [0.25, 0.3) is 3.79 Å². The predicted octanol–water partition coefficient (Wildman–Crippen LogP) is 6.71. The minimum atomic E-state index is -1.99. The van der Waals surface area contributed by atoms with Crippen LogP contribution in [0.25, 0.3) is 0 Å². The van der Waals surface area contributed by atoms with Crippen LogP contribution in [0.1, 0.15) is 59.8 Å². The van der Waals surface area contributed by atoms with Crippen molar-refractivity contribution in [2.75, 3.05) is 6.61 Å². The summed E-state index contributed by atoms with van der Waals surface area (Å²) in [5.41, 5.74) is 4.06. The number of rotatable bonds is 9. The van der Waals surface area contributed by atoms with E-state index in [2.05, 4.69) is 45.9 Å². The molecular formula is C18H27Cl3O2. The highest BCUT2D eigenvalue weighted by Gasteiger charge is 2.32. The van der Waals surface area contributed by atoms with Crippen LogP contribution in [-0.4, -0.2) is 16.4 Å². The van der Waals surface area contributed by atoms with Crippen molar-refractivity contribution >= 4 is 40.8 Å². The second-order valence-corrected chi connectivity index (χ2v) is 8.16. The summed E-state index contributed by atoms with van der Waals surface area (Å²) in [4.78, 5) is 11.2. The summed E-state index contributed by atoms with van der Waals surface area (Å²) in [5, 5.41) is 0. The zero-order valence-electron chi connectivity index (χ0n) is 14.4. The maximum atomic E-state index is 11.2. The molecule has 0 unspecified atom stereocenters. The first-order chi connectivity index (χ1) is 10.6. The summed E-state index contributed by atoms with van der Waals surface area (Å²) in [6.07, 6.45) is 11.5. The van der Waals surface area contributed by atoms with E-state index in [0.717, 1.165) is 25.7 Å². The van der Waals surface area contributed by atoms with Gasteiger partial charge in [0.2, 0.25) is 0 Å². The molecular weight excluding hydrogens is 355 g/mol. The SMILES string of the molecule is CC(C)=CCCC(C)=CCCC(C)=CCCOC(=O)C(Cl)(Cl)Cl. The smallest absolute Gasteiger partial charge is 0.358 e. The van der Waals surface area contributed by atoms with Crippen molar-refractivity contribution in [3.8, 4) is 0 Å². The highest BCUT2D eigenvalue weighted by molar-refractivity contribution is 6.75. The predicted molar refractivity (Wildman–Crippen MR) is 101 cm³/mol. The van der Waals surface area contributed by atoms with Crippen molar-refractivity contribution in [2.24, 2.45) is 0 Å². The second-order valence-electron chi connectivity index (χ2n) is 5.88. The first kappa shape index (κ1) is 22.6. The number of alkyl halides is 3. The van der Waals surface area contributed by atoms with Gasteiger partial charge in [-0.2, -0.15) is 0 Å². The monoisotopic (exact) mass is 380 g/mol. The van der Waals surface area contributed by atoms with Crippen molar-refractivity contribution in [1.82, 2.24) is 0 Å². The molecule has 0 aromatic carbocycles. The van der Waals surface area contributed by atoms with Gasteiger partial charge in [0.1, 0.15) is 0 Å². The largest absolute Gasteiger partial charge is 0.462 e. The number of ether oxygens (including phenoxy) is 1. The molecule has 0 aromatic rings. The molecule has 2 nitrogen and oxygen atoms in total. The molecule has 23 heavy (non-hydrogen) atoms. The Bertz CT molecular complexity index is 453. The van der Waals surface area contributed by atoms with Crippen molar-refractivity contribution in [3.05, 3.63) is 34.9 Å². The summed E-state index contributed by atoms with van der Waals surface area (Å²) in [6, 6.07) is 0. The topological polar surface area (TPSA) is 26.3 Å². The summed E-state index contributed by atoms with van der Waals surface area (Å²) < 4.78 is 2.87. The van der Waals surface area contributed by atoms with E-state index in [1.165, 1.54) is 16.7 Å². The van der Waals surface area contributed by atoms with Crippen molar-refractivity contribution < 1.29 is 9.53 Å². The van der Waals surface area contributed by atoms with Crippen LogP contribution in [-0.2, 0) is 9.53 Å². The first-order valence-electron chi connectivity index (χ1n) is 7.81. The number of hydrogen-bond donors (Lipinski definition) is 0. The number of allylic oxidation sites excluding steroid dienone is 5. The molecule has 132 valence electrons. The molecule has 0 aliphatic carbocycles. The molecule has 0 radical (unpaired) electrons. The van der Waals surface area contributed by atoms with E-state index in [1.54, 1.807) is 0 Å². The van der Waals surface area contributed by atoms with Crippen LogP contribution in [0.2, 0.25) is 0 Å². The molecule has 0 aliphatic heterocycles. The van der Waals surface area contributed by atoms with Crippen molar-refractivity contribution in [1.29, 1.82) is 0 Å². The van der Waals surface area contributed by atoms with E-state index in [-0.39, 0.29) is 6.61 Å². The Morgan fingerprint density at radius 1 is 0.870 bits per heavy atom. The maximum absolute atomic E-state index is 11.2. The van der Waals surface area contributed by atoms with Gasteiger partial charge in [0, 0.05) is 0 Å². The molecule has 0 atom stereocenters. The van der Waals surface area contributed by atoms with Crippen LogP contribution in [0.3, 0.4) is 0 Å². The molecule has 0 fully saturated rings. The Kier molecular flexibility index (Phi) is 11.8. The Morgan fingerprint density at radius 3 is 1.83 bits per heavy atom. The third kappa shape index (κ3) is 13.7. The molecule has 0 amide bonds. The van der Waals surface area contributed by atoms with E-state index >= 15 is 0 Å². The third-order valence-electron chi connectivity index (χ3n) is 3.20. The normalized spacial score (nSPS) is 13.0. The molecule has 0 saturated heterocycles. The van der Waals surface area contributed by atoms with Gasteiger partial charge < -0.3 is 4.74 Å². The average Bonchev–Trinajstić information content (AvgIpc) is 2.41. The average molecular weight is 382 g/mol. The fourth-order valence-corrected chi connectivity index (χ4v) is 2.04. The van der Waals surface area contributed by atoms with Crippen LogP contribution in [0.15, 0.2) is 34.9 Å². The first-order valence-corrected chi connectivity index (χ1v) is 8.95. The number of carbonyl (C=O) groups excluding carboxylic acids is 1. The standard InChI is InChI=1S/C18H27Cl3O2/c1-14(2)8-5-9-15(3)10-6-11-16(4)12-7-13-23-17(22)18(19,20)21/h8,10,12H,5-7,9,11,13H2,1-4H3. The van der Waals surface area contributed by atoms with E-state index in [4.69, 9.17) is 39.5 Å². The lowest BCUT2D eigenvalue weighted by Crippen LogP contribution is -2.22. The van der Waals surface area contributed by atoms with Crippen LogP contribution in [0.5, 0.6) is 0 Å². The van der Waals surface area contributed by atoms with Crippen LogP contribution >= 0.6 is 34.8 Å². The quantitative estimate of drug-likeness (QED) is 0.192. The van der Waals surface area contributed by atoms with Gasteiger partial charge in [0.05, 0.1) is 6.61 Å². The third-order valence-corrected chi connectivity index (χ3v) is 3.66. The van der Waals surface area contributed by atoms with Crippen molar-refractivity contribution in [2.45, 2.75) is 63.6 Å². The molecule has 0 aliphatic rings. The minimum absolute atomic E-state index is 0.224. The molecule has 0 saturated carbocycles. The maximum Gasteiger partial charge on any atom is 0.358 e. The summed E-state index contributed by atoms with van der Waals surface area (Å²) in [6.45, 7) is 8.72. The lowest BCUT2D eigenvalue weighted by Gasteiger charge is -2.09. The van der Waals surface area contributed by atoms with Crippen molar-refractivity contribution in [3.63, 3.8) is 0 Å². The van der Waals surface area contributed by atoms with Crippen LogP contribution < -0.4 is 0 Å². The van der Waals surface area contributed by atoms with Gasteiger partial charge >= 0.3 is 5.97 Å². The Hall–Kier alpha value is -0.440. The minimum Gasteiger partial charge on any atom is -0.462 e. The number of halogens is 3. The van der Waals surface area contributed by atoms with Crippen LogP contribution in [0, 0.1) is 0 Å². The van der Waals surface area contributed by atoms with Gasteiger partial charge in [-0.3, -0.25) is 0 Å². The second kappa shape index (κ2) is 12.0. The molecule has 0 N–H and O–H groups in total. The lowest BCUT2D eigenvalue weighted by molar-refractivity contribution is -0.142. The highest BCUT2D eigenvalue weighted by Crippen LogP contribution is 2.27. The van der Waals surface area contributed by atoms with Gasteiger partial charge in [-0.1, -0.05) is 69.8 Å². The lowest BCUT2D eigenvalue weighted by atomic mass is 10.1. The Morgan fingerprint density at radius 2 is 1.35 bits per heavy atom. The Balaban J connectivity index is 3.94. The van der Waals surface area contributed by atoms with E-state index in [0.29, 0.717) is 6.42 Å². The summed E-state index contributed by atoms with van der Waals surface area (Å²) in [5.74, 6) is -0.830. The zero-order chi connectivity index (χ0) is 17.9. The molecule has 0 heterocycles. The van der Waals surface area contributed by atoms with E-state index < -0.39 is 9.76 Å². The van der Waals surface area contributed by atoms with Gasteiger partial charge in [-0.15, -0.1) is 0 Å². The Labute approximate surface area is 155 Å². The number of hydrogen-bond acceptors (Lipinski definition) is 2. The van der Waals surface area contributed by atoms with E-state index in [9.17, 15) is 4.79 Å². The molecule has 0 bridgehead atoms. The highest BCUT2D eigenvalue weighted by atomic mass is 35.6. The summed E-state index contributed by atoms with van der Waals surface area (Å²) in [7, 11) is 0. The fourth-order valence-electron chi connectivity index (χ4n) is 1.88. The molecule has 0 spiro atoms. The fraction of sp³-hybridized carbons (Fsp3) is 0.611. The van der Waals surface area contributed by atoms with Gasteiger partial charge in [0.15, 0.2) is 0 Å². The zero-order valence-corrected chi connectivity index (χ0v) is 16.7. The van der Waals surface area contributed by atoms with E-state index in [1.807, 2.05) is 0 Å². The molecule has 5 heteroatoms. The molecule has 0 rings (SSSR count). The summed E-state index contributed by atoms with van der Waals surface area (Å²) >= 11 is 16.2. The van der Waals surface area contributed by atoms with Gasteiger partial charge in [-0.25, -0.2) is 4.79 Å². The van der Waals surface area contributed by atoms with Crippen LogP contribution in [0.4, 0.5) is 0 Å².